The lowest BCUT2D eigenvalue weighted by Crippen LogP contribution is -2.33. The number of carbonyl (C=O) groups is 1. The zero-order valence-corrected chi connectivity index (χ0v) is 16.9. The lowest BCUT2D eigenvalue weighted by molar-refractivity contribution is -0.0488. The fourth-order valence-corrected chi connectivity index (χ4v) is 4.15. The number of aromatic carboxylic acids is 1. The maximum absolute atomic E-state index is 15.2. The summed E-state index contributed by atoms with van der Waals surface area (Å²) in [4.78, 5) is 25.7. The second kappa shape index (κ2) is 8.45. The van der Waals surface area contributed by atoms with Crippen LogP contribution in [0.3, 0.4) is 0 Å². The molecule has 1 aliphatic heterocycles. The Hall–Kier alpha value is -3.08. The van der Waals surface area contributed by atoms with Gasteiger partial charge < -0.3 is 25.0 Å². The number of aromatic nitrogens is 1. The van der Waals surface area contributed by atoms with E-state index in [4.69, 9.17) is 10.5 Å². The van der Waals surface area contributed by atoms with Crippen molar-refractivity contribution in [2.75, 3.05) is 24.5 Å². The predicted octanol–water partition coefficient (Wildman–Crippen LogP) is 3.56. The van der Waals surface area contributed by atoms with Crippen LogP contribution in [-0.4, -0.2) is 41.9 Å². The number of benzene rings is 1. The Balaban J connectivity index is 1.93. The van der Waals surface area contributed by atoms with Crippen LogP contribution in [0.15, 0.2) is 28.5 Å². The highest BCUT2D eigenvalue weighted by molar-refractivity contribution is 5.97. The number of carboxylic acid groups (broad SMARTS) is 1. The third kappa shape index (κ3) is 3.92. The van der Waals surface area contributed by atoms with Crippen molar-refractivity contribution in [3.05, 3.63) is 45.3 Å². The van der Waals surface area contributed by atoms with Crippen LogP contribution in [0, 0.1) is 5.82 Å². The summed E-state index contributed by atoms with van der Waals surface area (Å²) >= 11 is 0. The highest BCUT2D eigenvalue weighted by atomic mass is 19.3. The molecule has 7 nitrogen and oxygen atoms in total. The summed E-state index contributed by atoms with van der Waals surface area (Å²) in [6.45, 7) is -3.30. The summed E-state index contributed by atoms with van der Waals surface area (Å²) in [7, 11) is 0. The molecule has 1 saturated carbocycles. The average Bonchev–Trinajstić information content (AvgIpc) is 3.59. The van der Waals surface area contributed by atoms with Crippen LogP contribution in [0.25, 0.3) is 10.9 Å². The van der Waals surface area contributed by atoms with E-state index in [2.05, 4.69) is 0 Å². The standard InChI is InChI=1S/C21H21F4N3O4/c22-14-7-12-16(28(11-1-2-11)9-13(18(12)29)20(30)31)19(32-21(24)25)17(14)27-5-3-10(4-6-27)15(23)8-26/h7,9,11,21H,1-6,8,26H2,(H,30,31). The van der Waals surface area contributed by atoms with Gasteiger partial charge in [-0.05, 0) is 37.3 Å². The van der Waals surface area contributed by atoms with E-state index < -0.39 is 41.0 Å². The van der Waals surface area contributed by atoms with Crippen molar-refractivity contribution in [3.8, 4) is 5.75 Å². The van der Waals surface area contributed by atoms with Crippen LogP contribution in [-0.2, 0) is 0 Å². The first-order valence-corrected chi connectivity index (χ1v) is 10.1. The van der Waals surface area contributed by atoms with Crippen molar-refractivity contribution in [3.63, 3.8) is 0 Å². The van der Waals surface area contributed by atoms with Gasteiger partial charge in [-0.2, -0.15) is 8.78 Å². The Kier molecular flexibility index (Phi) is 5.85. The minimum absolute atomic E-state index is 0.0753. The van der Waals surface area contributed by atoms with E-state index in [0.717, 1.165) is 12.3 Å². The molecule has 2 fully saturated rings. The number of hydrogen-bond donors (Lipinski definition) is 2. The Morgan fingerprint density at radius 1 is 1.28 bits per heavy atom. The second-order valence-electron chi connectivity index (χ2n) is 7.83. The normalized spacial score (nSPS) is 16.7. The Morgan fingerprint density at radius 3 is 2.47 bits per heavy atom. The maximum Gasteiger partial charge on any atom is 0.387 e. The predicted molar refractivity (Wildman–Crippen MR) is 109 cm³/mol. The van der Waals surface area contributed by atoms with E-state index in [1.807, 2.05) is 0 Å². The molecular formula is C21H21F4N3O4. The average molecular weight is 455 g/mol. The van der Waals surface area contributed by atoms with Gasteiger partial charge in [-0.1, -0.05) is 0 Å². The van der Waals surface area contributed by atoms with Gasteiger partial charge in [-0.3, -0.25) is 4.79 Å². The molecule has 0 unspecified atom stereocenters. The van der Waals surface area contributed by atoms with Gasteiger partial charge in [-0.15, -0.1) is 0 Å². The minimum Gasteiger partial charge on any atom is -0.477 e. The van der Waals surface area contributed by atoms with Crippen LogP contribution < -0.4 is 20.8 Å². The van der Waals surface area contributed by atoms with Crippen molar-refractivity contribution in [2.24, 2.45) is 5.73 Å². The van der Waals surface area contributed by atoms with Gasteiger partial charge in [-0.25, -0.2) is 13.6 Å². The molecule has 0 bridgehead atoms. The van der Waals surface area contributed by atoms with Crippen molar-refractivity contribution in [1.29, 1.82) is 0 Å². The first kappa shape index (κ1) is 22.1. The molecule has 0 radical (unpaired) electrons. The number of fused-ring (bicyclic) bond motifs is 1. The van der Waals surface area contributed by atoms with E-state index in [-0.39, 0.29) is 55.1 Å². The van der Waals surface area contributed by atoms with Gasteiger partial charge in [0.1, 0.15) is 17.1 Å². The molecule has 0 amide bonds. The minimum atomic E-state index is -3.31. The van der Waals surface area contributed by atoms with Crippen molar-refractivity contribution < 1.29 is 32.2 Å². The molecule has 2 aromatic rings. The van der Waals surface area contributed by atoms with Gasteiger partial charge in [0, 0.05) is 31.9 Å². The van der Waals surface area contributed by atoms with Crippen LogP contribution in [0.5, 0.6) is 5.75 Å². The smallest absolute Gasteiger partial charge is 0.387 e. The second-order valence-corrected chi connectivity index (χ2v) is 7.83. The summed E-state index contributed by atoms with van der Waals surface area (Å²) in [6, 6.07) is 0.645. The van der Waals surface area contributed by atoms with Crippen LogP contribution in [0.1, 0.15) is 42.1 Å². The number of nitrogens with two attached hydrogens (primary N) is 1. The Bertz CT molecular complexity index is 1160. The number of halogens is 4. The number of hydrogen-bond acceptors (Lipinski definition) is 5. The number of ether oxygens (including phenoxy) is 1. The number of nitrogens with zero attached hydrogens (tertiary/aromatic N) is 2. The summed E-state index contributed by atoms with van der Waals surface area (Å²) < 4.78 is 62.0. The number of anilines is 1. The zero-order valence-electron chi connectivity index (χ0n) is 16.9. The fraction of sp³-hybridized carbons (Fsp3) is 0.429. The zero-order chi connectivity index (χ0) is 23.2. The van der Waals surface area contributed by atoms with Crippen molar-refractivity contribution in [2.45, 2.75) is 38.3 Å². The molecule has 4 rings (SSSR count). The van der Waals surface area contributed by atoms with Crippen molar-refractivity contribution >= 4 is 22.6 Å². The molecule has 3 N–H and O–H groups in total. The highest BCUT2D eigenvalue weighted by Crippen LogP contribution is 2.45. The number of pyridine rings is 1. The molecular weight excluding hydrogens is 434 g/mol. The topological polar surface area (TPSA) is 97.8 Å². The number of carboxylic acids is 1. The highest BCUT2D eigenvalue weighted by Gasteiger charge is 2.33. The van der Waals surface area contributed by atoms with Crippen LogP contribution in [0.4, 0.5) is 23.2 Å². The number of rotatable bonds is 6. The lowest BCUT2D eigenvalue weighted by Gasteiger charge is -2.32. The molecule has 1 aromatic heterocycles. The summed E-state index contributed by atoms with van der Waals surface area (Å²) in [6.07, 6.45) is 2.84. The van der Waals surface area contributed by atoms with E-state index in [9.17, 15) is 27.9 Å². The van der Waals surface area contributed by atoms with Gasteiger partial charge >= 0.3 is 12.6 Å². The van der Waals surface area contributed by atoms with Gasteiger partial charge in [0.05, 0.1) is 10.9 Å². The third-order valence-corrected chi connectivity index (χ3v) is 5.82. The monoisotopic (exact) mass is 455 g/mol. The Morgan fingerprint density at radius 2 is 1.94 bits per heavy atom. The van der Waals surface area contributed by atoms with Crippen LogP contribution >= 0.6 is 0 Å². The van der Waals surface area contributed by atoms with E-state index in [1.165, 1.54) is 9.47 Å². The van der Waals surface area contributed by atoms with Crippen molar-refractivity contribution in [1.82, 2.24) is 4.57 Å². The molecule has 1 aliphatic carbocycles. The first-order valence-electron chi connectivity index (χ1n) is 10.1. The molecule has 172 valence electrons. The van der Waals surface area contributed by atoms with E-state index in [1.54, 1.807) is 0 Å². The quantitative estimate of drug-likeness (QED) is 0.647. The van der Waals surface area contributed by atoms with E-state index in [0.29, 0.717) is 18.4 Å². The number of alkyl halides is 2. The Labute approximate surface area is 179 Å². The molecule has 2 heterocycles. The van der Waals surface area contributed by atoms with Gasteiger partial charge in [0.15, 0.2) is 11.6 Å². The first-order chi connectivity index (χ1) is 15.2. The van der Waals surface area contributed by atoms with Gasteiger partial charge in [0.25, 0.3) is 0 Å². The summed E-state index contributed by atoms with van der Waals surface area (Å²) in [5, 5.41) is 9.03. The van der Waals surface area contributed by atoms with Gasteiger partial charge in [0.2, 0.25) is 5.43 Å². The summed E-state index contributed by atoms with van der Waals surface area (Å²) in [5.74, 6) is -3.47. The molecule has 0 spiro atoms. The number of piperidine rings is 1. The molecule has 0 atom stereocenters. The molecule has 2 aliphatic rings. The van der Waals surface area contributed by atoms with Crippen LogP contribution in [0.2, 0.25) is 0 Å². The summed E-state index contributed by atoms with van der Waals surface area (Å²) in [5.41, 5.74) is 3.92. The van der Waals surface area contributed by atoms with E-state index >= 15 is 4.39 Å². The molecule has 1 saturated heterocycles. The maximum atomic E-state index is 15.2. The molecule has 32 heavy (non-hydrogen) atoms. The molecule has 1 aromatic carbocycles. The largest absolute Gasteiger partial charge is 0.477 e. The SMILES string of the molecule is NCC(F)=C1CCN(c2c(F)cc3c(=O)c(C(=O)O)cn(C4CC4)c3c2OC(F)F)CC1. The third-order valence-electron chi connectivity index (χ3n) is 5.82. The fourth-order valence-electron chi connectivity index (χ4n) is 4.15. The lowest BCUT2D eigenvalue weighted by atomic mass is 10.0. The molecule has 11 heteroatoms.